The van der Waals surface area contributed by atoms with E-state index in [2.05, 4.69) is 9.97 Å². The number of aromatic nitrogens is 2. The quantitative estimate of drug-likeness (QED) is 0.818. The third-order valence-corrected chi connectivity index (χ3v) is 6.18. The Morgan fingerprint density at radius 1 is 1.28 bits per heavy atom. The van der Waals surface area contributed by atoms with Gasteiger partial charge in [-0.05, 0) is 31.4 Å². The zero-order valence-corrected chi connectivity index (χ0v) is 16.8. The van der Waals surface area contributed by atoms with Gasteiger partial charge in [0.05, 0.1) is 23.1 Å². The number of H-pyrrole nitrogens is 1. The van der Waals surface area contributed by atoms with Crippen LogP contribution in [0.5, 0.6) is 5.75 Å². The van der Waals surface area contributed by atoms with Crippen molar-refractivity contribution in [1.29, 1.82) is 0 Å². The molecule has 0 unspecified atom stereocenters. The number of aryl methyl sites for hydroxylation is 1. The summed E-state index contributed by atoms with van der Waals surface area (Å²) in [5, 5.41) is 10.3. The summed E-state index contributed by atoms with van der Waals surface area (Å²) < 4.78 is 5.09. The van der Waals surface area contributed by atoms with Crippen LogP contribution < -0.4 is 0 Å². The first kappa shape index (κ1) is 19.4. The fraction of sp³-hybridized carbons (Fsp3) is 0.476. The lowest BCUT2D eigenvalue weighted by molar-refractivity contribution is -0.145. The highest BCUT2D eigenvalue weighted by Crippen LogP contribution is 2.42. The maximum atomic E-state index is 13.0. The van der Waals surface area contributed by atoms with Gasteiger partial charge in [-0.25, -0.2) is 4.98 Å². The predicted molar refractivity (Wildman–Crippen MR) is 106 cm³/mol. The van der Waals surface area contributed by atoms with Crippen molar-refractivity contribution in [1.82, 2.24) is 19.8 Å². The van der Waals surface area contributed by atoms with E-state index in [1.807, 2.05) is 4.90 Å². The Labute approximate surface area is 169 Å². The molecular formula is C21H26N4O4. The number of nitrogens with zero attached hydrogens (tertiary/aromatic N) is 3. The zero-order chi connectivity index (χ0) is 20.6. The average molecular weight is 398 g/mol. The second-order valence-electron chi connectivity index (χ2n) is 7.75. The second-order valence-corrected chi connectivity index (χ2v) is 7.75. The van der Waals surface area contributed by atoms with Gasteiger partial charge >= 0.3 is 0 Å². The largest absolute Gasteiger partial charge is 0.507 e. The normalized spacial score (nSPS) is 18.0. The Morgan fingerprint density at radius 3 is 2.76 bits per heavy atom. The van der Waals surface area contributed by atoms with Crippen LogP contribution in [0.4, 0.5) is 0 Å². The minimum atomic E-state index is -0.533. The first-order chi connectivity index (χ1) is 14.0. The topological polar surface area (TPSA) is 98.8 Å². The molecule has 1 spiro atoms. The van der Waals surface area contributed by atoms with Crippen molar-refractivity contribution >= 4 is 11.8 Å². The number of ether oxygens (including phenoxy) is 1. The molecule has 29 heavy (non-hydrogen) atoms. The van der Waals surface area contributed by atoms with Crippen LogP contribution in [0.3, 0.4) is 0 Å². The molecule has 0 bridgehead atoms. The molecule has 3 heterocycles. The minimum absolute atomic E-state index is 0.0291. The number of phenolic OH excluding ortho intramolecular Hbond substituents is 1. The molecule has 2 aliphatic heterocycles. The number of carbonyl (C=O) groups excluding carboxylic acids is 2. The number of aromatic hydroxyl groups is 1. The number of likely N-dealkylation sites (tertiary alicyclic amines) is 1. The van der Waals surface area contributed by atoms with E-state index >= 15 is 0 Å². The molecule has 1 aromatic carbocycles. The fourth-order valence-corrected chi connectivity index (χ4v) is 4.63. The van der Waals surface area contributed by atoms with E-state index in [-0.39, 0.29) is 24.2 Å². The van der Waals surface area contributed by atoms with Gasteiger partial charge < -0.3 is 24.6 Å². The van der Waals surface area contributed by atoms with Gasteiger partial charge in [-0.15, -0.1) is 0 Å². The molecule has 1 fully saturated rings. The molecule has 8 nitrogen and oxygen atoms in total. The lowest BCUT2D eigenvalue weighted by Gasteiger charge is -2.50. The van der Waals surface area contributed by atoms with Crippen molar-refractivity contribution in [2.75, 3.05) is 33.4 Å². The molecular weight excluding hydrogens is 372 g/mol. The first-order valence-electron chi connectivity index (χ1n) is 9.88. The highest BCUT2D eigenvalue weighted by atomic mass is 16.5. The number of nitrogens with one attached hydrogen (secondary N) is 1. The van der Waals surface area contributed by atoms with Crippen LogP contribution in [0.1, 0.15) is 40.2 Å². The molecule has 2 amide bonds. The number of phenols is 1. The molecule has 154 valence electrons. The Balaban J connectivity index is 1.59. The van der Waals surface area contributed by atoms with E-state index in [1.54, 1.807) is 36.4 Å². The standard InChI is InChI=1S/C21H26N4O4/c1-14-4-3-5-15(18(14)27)20(28)24-10-7-21(8-11-24)19-16(22-13-23-19)6-9-25(21)17(26)12-29-2/h3-5,13,27H,6-12H2,1-2H3,(H,22,23). The number of fused-ring (bicyclic) bond motifs is 2. The van der Waals surface area contributed by atoms with Crippen LogP contribution >= 0.6 is 0 Å². The lowest BCUT2D eigenvalue weighted by atomic mass is 9.78. The average Bonchev–Trinajstić information content (AvgIpc) is 3.21. The SMILES string of the molecule is COCC(=O)N1CCc2[nH]cnc2C12CCN(C(=O)c1cccc(C)c1O)CC2. The van der Waals surface area contributed by atoms with Crippen LogP contribution in [0, 0.1) is 6.92 Å². The fourth-order valence-electron chi connectivity index (χ4n) is 4.63. The number of benzene rings is 1. The third kappa shape index (κ3) is 3.17. The van der Waals surface area contributed by atoms with Crippen LogP contribution in [0.2, 0.25) is 0 Å². The molecule has 1 aromatic heterocycles. The highest BCUT2D eigenvalue weighted by Gasteiger charge is 2.49. The molecule has 8 heteroatoms. The molecule has 2 N–H and O–H groups in total. The summed E-state index contributed by atoms with van der Waals surface area (Å²) in [5.74, 6) is -0.215. The monoisotopic (exact) mass is 398 g/mol. The Hall–Kier alpha value is -2.87. The van der Waals surface area contributed by atoms with Crippen LogP contribution in [0.15, 0.2) is 24.5 Å². The maximum Gasteiger partial charge on any atom is 0.257 e. The number of hydrogen-bond donors (Lipinski definition) is 2. The van der Waals surface area contributed by atoms with Crippen LogP contribution in [0.25, 0.3) is 0 Å². The number of methoxy groups -OCH3 is 1. The Kier molecular flexibility index (Phi) is 5.04. The Bertz CT molecular complexity index is 931. The smallest absolute Gasteiger partial charge is 0.257 e. The first-order valence-corrected chi connectivity index (χ1v) is 9.88. The van der Waals surface area contributed by atoms with E-state index in [4.69, 9.17) is 4.74 Å². The van der Waals surface area contributed by atoms with Crippen LogP contribution in [-0.4, -0.2) is 70.0 Å². The predicted octanol–water partition coefficient (Wildman–Crippen LogP) is 1.59. The number of hydrogen-bond acceptors (Lipinski definition) is 5. The van der Waals surface area contributed by atoms with Gasteiger partial charge in [0.15, 0.2) is 0 Å². The summed E-state index contributed by atoms with van der Waals surface area (Å²) >= 11 is 0. The van der Waals surface area contributed by atoms with E-state index in [1.165, 1.54) is 7.11 Å². The van der Waals surface area contributed by atoms with Crippen molar-refractivity contribution in [2.45, 2.75) is 31.7 Å². The number of aromatic amines is 1. The summed E-state index contributed by atoms with van der Waals surface area (Å²) in [4.78, 5) is 37.1. The molecule has 2 aliphatic rings. The number of imidazole rings is 1. The minimum Gasteiger partial charge on any atom is -0.507 e. The Morgan fingerprint density at radius 2 is 2.03 bits per heavy atom. The summed E-state index contributed by atoms with van der Waals surface area (Å²) in [6.45, 7) is 3.37. The second kappa shape index (κ2) is 7.51. The van der Waals surface area contributed by atoms with Crippen molar-refractivity contribution < 1.29 is 19.4 Å². The van der Waals surface area contributed by atoms with Gasteiger partial charge in [0.1, 0.15) is 12.4 Å². The van der Waals surface area contributed by atoms with Crippen molar-refractivity contribution in [3.63, 3.8) is 0 Å². The highest BCUT2D eigenvalue weighted by molar-refractivity contribution is 5.97. The summed E-state index contributed by atoms with van der Waals surface area (Å²) in [6, 6.07) is 5.20. The van der Waals surface area contributed by atoms with Gasteiger partial charge in [-0.3, -0.25) is 9.59 Å². The van der Waals surface area contributed by atoms with Crippen molar-refractivity contribution in [2.24, 2.45) is 0 Å². The number of amides is 2. The molecule has 0 radical (unpaired) electrons. The van der Waals surface area contributed by atoms with E-state index in [0.717, 1.165) is 17.8 Å². The lowest BCUT2D eigenvalue weighted by Crippen LogP contribution is -2.59. The van der Waals surface area contributed by atoms with Crippen LogP contribution in [-0.2, 0) is 21.5 Å². The number of carbonyl (C=O) groups is 2. The zero-order valence-electron chi connectivity index (χ0n) is 16.8. The van der Waals surface area contributed by atoms with Gasteiger partial charge in [0.25, 0.3) is 5.91 Å². The number of rotatable bonds is 3. The molecule has 0 atom stereocenters. The summed E-state index contributed by atoms with van der Waals surface area (Å²) in [7, 11) is 1.52. The molecule has 0 aliphatic carbocycles. The van der Waals surface area contributed by atoms with Gasteiger partial charge in [-0.1, -0.05) is 12.1 Å². The maximum absolute atomic E-state index is 13.0. The number of para-hydroxylation sites is 1. The molecule has 0 saturated carbocycles. The van der Waals surface area contributed by atoms with Crippen molar-refractivity contribution in [3.05, 3.63) is 47.0 Å². The summed E-state index contributed by atoms with van der Waals surface area (Å²) in [6.07, 6.45) is 3.60. The van der Waals surface area contributed by atoms with Gasteiger partial charge in [0, 0.05) is 38.9 Å². The van der Waals surface area contributed by atoms with E-state index < -0.39 is 5.54 Å². The van der Waals surface area contributed by atoms with E-state index in [0.29, 0.717) is 43.6 Å². The molecule has 4 rings (SSSR count). The molecule has 2 aromatic rings. The van der Waals surface area contributed by atoms with E-state index in [9.17, 15) is 14.7 Å². The third-order valence-electron chi connectivity index (χ3n) is 6.18. The van der Waals surface area contributed by atoms with Gasteiger partial charge in [-0.2, -0.15) is 0 Å². The number of piperidine rings is 1. The van der Waals surface area contributed by atoms with Gasteiger partial charge in [0.2, 0.25) is 5.91 Å². The summed E-state index contributed by atoms with van der Waals surface area (Å²) in [5.41, 5.74) is 2.42. The molecule has 1 saturated heterocycles. The van der Waals surface area contributed by atoms with Crippen molar-refractivity contribution in [3.8, 4) is 5.75 Å².